The van der Waals surface area contributed by atoms with E-state index in [2.05, 4.69) is 18.5 Å². The average molecular weight is 250 g/mol. The molecule has 17 heavy (non-hydrogen) atoms. The van der Waals surface area contributed by atoms with Gasteiger partial charge in [-0.15, -0.1) is 6.58 Å². The maximum absolute atomic E-state index is 12.0. The lowest BCUT2D eigenvalue weighted by Crippen LogP contribution is -2.53. The standard InChI is InChI=1S/C12H14N2O2S/c1-4-6-14-11(16)9(7-8(3)5-2)10(15)13-12(14)17/h4,7H,1,3,5-6H2,2H3,(H,13,15,17)/b9-7+. The molecule has 4 nitrogen and oxygen atoms in total. The van der Waals surface area contributed by atoms with E-state index in [1.165, 1.54) is 11.0 Å². The minimum absolute atomic E-state index is 0.0623. The quantitative estimate of drug-likeness (QED) is 0.354. The van der Waals surface area contributed by atoms with Crippen molar-refractivity contribution in [3.8, 4) is 0 Å². The van der Waals surface area contributed by atoms with Gasteiger partial charge in [0.05, 0.1) is 0 Å². The highest BCUT2D eigenvalue weighted by Gasteiger charge is 2.32. The van der Waals surface area contributed by atoms with E-state index in [1.807, 2.05) is 6.92 Å². The smallest absolute Gasteiger partial charge is 0.265 e. The van der Waals surface area contributed by atoms with E-state index < -0.39 is 11.8 Å². The molecule has 0 aromatic carbocycles. The van der Waals surface area contributed by atoms with Gasteiger partial charge < -0.3 is 0 Å². The van der Waals surface area contributed by atoms with E-state index in [0.717, 1.165) is 5.57 Å². The summed E-state index contributed by atoms with van der Waals surface area (Å²) >= 11 is 4.92. The predicted octanol–water partition coefficient (Wildman–Crippen LogP) is 1.31. The SMILES string of the molecule is C=CCN1C(=O)/C(=C/C(=C)CC)C(=O)NC1=S. The Labute approximate surface area is 106 Å². The Morgan fingerprint density at radius 1 is 1.53 bits per heavy atom. The van der Waals surface area contributed by atoms with Crippen molar-refractivity contribution in [1.82, 2.24) is 10.2 Å². The van der Waals surface area contributed by atoms with Crippen molar-refractivity contribution >= 4 is 29.1 Å². The maximum atomic E-state index is 12.0. The van der Waals surface area contributed by atoms with E-state index >= 15 is 0 Å². The Morgan fingerprint density at radius 2 is 2.18 bits per heavy atom. The molecule has 5 heteroatoms. The first-order chi connectivity index (χ1) is 8.01. The zero-order chi connectivity index (χ0) is 13.0. The fraction of sp³-hybridized carbons (Fsp3) is 0.250. The minimum atomic E-state index is -0.477. The number of allylic oxidation sites excluding steroid dienone is 2. The zero-order valence-electron chi connectivity index (χ0n) is 9.66. The van der Waals surface area contributed by atoms with Gasteiger partial charge in [0.15, 0.2) is 5.11 Å². The maximum Gasteiger partial charge on any atom is 0.265 e. The van der Waals surface area contributed by atoms with E-state index in [0.29, 0.717) is 6.42 Å². The number of carbonyl (C=O) groups excluding carboxylic acids is 2. The molecule has 0 unspecified atom stereocenters. The summed E-state index contributed by atoms with van der Waals surface area (Å²) in [6.45, 7) is 9.46. The molecule has 1 N–H and O–H groups in total. The number of hydrogen-bond acceptors (Lipinski definition) is 3. The molecule has 1 fully saturated rings. The monoisotopic (exact) mass is 250 g/mol. The summed E-state index contributed by atoms with van der Waals surface area (Å²) in [5.41, 5.74) is 0.780. The van der Waals surface area contributed by atoms with Crippen LogP contribution >= 0.6 is 12.2 Å². The lowest BCUT2D eigenvalue weighted by Gasteiger charge is -2.27. The van der Waals surface area contributed by atoms with Crippen LogP contribution in [-0.2, 0) is 9.59 Å². The van der Waals surface area contributed by atoms with Gasteiger partial charge in [-0.05, 0) is 24.7 Å². The Kier molecular flexibility index (Phi) is 4.34. The first kappa shape index (κ1) is 13.3. The van der Waals surface area contributed by atoms with Crippen LogP contribution in [0, 0.1) is 0 Å². The number of thiocarbonyl (C=S) groups is 1. The van der Waals surface area contributed by atoms with Crippen LogP contribution in [0.3, 0.4) is 0 Å². The second kappa shape index (κ2) is 5.54. The van der Waals surface area contributed by atoms with Crippen LogP contribution in [0.25, 0.3) is 0 Å². The zero-order valence-corrected chi connectivity index (χ0v) is 10.5. The molecule has 0 saturated carbocycles. The Bertz CT molecular complexity index is 438. The molecule has 0 aromatic rings. The summed E-state index contributed by atoms with van der Waals surface area (Å²) in [5, 5.41) is 2.57. The van der Waals surface area contributed by atoms with Crippen LogP contribution in [0.2, 0.25) is 0 Å². The lowest BCUT2D eigenvalue weighted by molar-refractivity contribution is -0.128. The van der Waals surface area contributed by atoms with Gasteiger partial charge >= 0.3 is 0 Å². The third kappa shape index (κ3) is 2.88. The molecule has 1 aliphatic heterocycles. The highest BCUT2D eigenvalue weighted by atomic mass is 32.1. The van der Waals surface area contributed by atoms with Crippen molar-refractivity contribution in [2.24, 2.45) is 0 Å². The fourth-order valence-electron chi connectivity index (χ4n) is 1.30. The summed E-state index contributed by atoms with van der Waals surface area (Å²) < 4.78 is 0. The fourth-order valence-corrected chi connectivity index (χ4v) is 1.55. The van der Waals surface area contributed by atoms with Crippen LogP contribution < -0.4 is 5.32 Å². The van der Waals surface area contributed by atoms with E-state index in [-0.39, 0.29) is 17.2 Å². The van der Waals surface area contributed by atoms with Gasteiger partial charge in [0, 0.05) is 6.54 Å². The van der Waals surface area contributed by atoms with Gasteiger partial charge in [0.25, 0.3) is 11.8 Å². The van der Waals surface area contributed by atoms with Crippen molar-refractivity contribution in [3.05, 3.63) is 36.5 Å². The van der Waals surface area contributed by atoms with Crippen molar-refractivity contribution in [2.45, 2.75) is 13.3 Å². The molecule has 0 aliphatic carbocycles. The Hall–Kier alpha value is -1.75. The summed E-state index contributed by atoms with van der Waals surface area (Å²) in [6, 6.07) is 0. The number of carbonyl (C=O) groups is 2. The summed E-state index contributed by atoms with van der Waals surface area (Å²) in [6.07, 6.45) is 3.72. The van der Waals surface area contributed by atoms with Gasteiger partial charge in [0.2, 0.25) is 0 Å². The lowest BCUT2D eigenvalue weighted by atomic mass is 10.1. The van der Waals surface area contributed by atoms with Crippen molar-refractivity contribution < 1.29 is 9.59 Å². The van der Waals surface area contributed by atoms with Gasteiger partial charge in [-0.3, -0.25) is 19.8 Å². The molecule has 2 amide bonds. The molecule has 0 bridgehead atoms. The highest BCUT2D eigenvalue weighted by Crippen LogP contribution is 2.13. The largest absolute Gasteiger partial charge is 0.298 e. The van der Waals surface area contributed by atoms with Crippen molar-refractivity contribution in [3.63, 3.8) is 0 Å². The second-order valence-electron chi connectivity index (χ2n) is 3.53. The molecule has 1 aliphatic rings. The van der Waals surface area contributed by atoms with Crippen molar-refractivity contribution in [2.75, 3.05) is 6.54 Å². The van der Waals surface area contributed by atoms with Crippen LogP contribution in [0.4, 0.5) is 0 Å². The molecule has 0 atom stereocenters. The molecule has 0 radical (unpaired) electrons. The predicted molar refractivity (Wildman–Crippen MR) is 70.2 cm³/mol. The number of nitrogens with zero attached hydrogens (tertiary/aromatic N) is 1. The van der Waals surface area contributed by atoms with Crippen molar-refractivity contribution in [1.29, 1.82) is 0 Å². The van der Waals surface area contributed by atoms with E-state index in [4.69, 9.17) is 12.2 Å². The molecule has 1 rings (SSSR count). The normalized spacial score (nSPS) is 18.3. The molecule has 0 spiro atoms. The van der Waals surface area contributed by atoms with Crippen LogP contribution in [0.1, 0.15) is 13.3 Å². The first-order valence-corrected chi connectivity index (χ1v) is 5.59. The van der Waals surface area contributed by atoms with Gasteiger partial charge in [-0.25, -0.2) is 0 Å². The second-order valence-corrected chi connectivity index (χ2v) is 3.92. The van der Waals surface area contributed by atoms with E-state index in [1.54, 1.807) is 6.08 Å². The first-order valence-electron chi connectivity index (χ1n) is 5.18. The van der Waals surface area contributed by atoms with Gasteiger partial charge in [-0.2, -0.15) is 0 Å². The number of hydrogen-bond donors (Lipinski definition) is 1. The molecule has 1 saturated heterocycles. The Balaban J connectivity index is 3.06. The Morgan fingerprint density at radius 3 is 2.71 bits per heavy atom. The van der Waals surface area contributed by atoms with Crippen LogP contribution in [0.15, 0.2) is 36.5 Å². The minimum Gasteiger partial charge on any atom is -0.298 e. The van der Waals surface area contributed by atoms with Crippen LogP contribution in [0.5, 0.6) is 0 Å². The van der Waals surface area contributed by atoms with E-state index in [9.17, 15) is 9.59 Å². The molecular formula is C12H14N2O2S. The average Bonchev–Trinajstić information content (AvgIpc) is 2.29. The third-order valence-electron chi connectivity index (χ3n) is 2.30. The number of rotatable bonds is 4. The summed E-state index contributed by atoms with van der Waals surface area (Å²) in [4.78, 5) is 24.9. The summed E-state index contributed by atoms with van der Waals surface area (Å²) in [5.74, 6) is -0.886. The van der Waals surface area contributed by atoms with Gasteiger partial charge in [-0.1, -0.05) is 25.2 Å². The number of amides is 2. The summed E-state index contributed by atoms with van der Waals surface area (Å²) in [7, 11) is 0. The highest BCUT2D eigenvalue weighted by molar-refractivity contribution is 7.80. The van der Waals surface area contributed by atoms with Crippen LogP contribution in [-0.4, -0.2) is 28.4 Å². The topological polar surface area (TPSA) is 49.4 Å². The molecule has 1 heterocycles. The third-order valence-corrected chi connectivity index (χ3v) is 2.62. The molecule has 90 valence electrons. The molecular weight excluding hydrogens is 236 g/mol. The number of nitrogens with one attached hydrogen (secondary N) is 1. The van der Waals surface area contributed by atoms with Gasteiger partial charge in [0.1, 0.15) is 5.57 Å². The molecule has 0 aromatic heterocycles.